The molecule has 0 bridgehead atoms. The van der Waals surface area contributed by atoms with Gasteiger partial charge < -0.3 is 9.90 Å². The Hall–Kier alpha value is -0.850. The molecule has 1 fully saturated rings. The molecular weight excluding hydrogens is 323 g/mol. The van der Waals surface area contributed by atoms with Crippen LogP contribution in [0.4, 0.5) is 17.6 Å². The van der Waals surface area contributed by atoms with Gasteiger partial charge in [-0.2, -0.15) is 13.2 Å². The Kier molecular flexibility index (Phi) is 3.56. The third-order valence-corrected chi connectivity index (χ3v) is 4.66. The van der Waals surface area contributed by atoms with Crippen LogP contribution < -0.4 is 0 Å². The molecule has 20 heavy (non-hydrogen) atoms. The zero-order valence-electron chi connectivity index (χ0n) is 9.72. The average Bonchev–Trinajstić information content (AvgIpc) is 2.84. The van der Waals surface area contributed by atoms with E-state index in [0.717, 1.165) is 6.07 Å². The summed E-state index contributed by atoms with van der Waals surface area (Å²) in [5.41, 5.74) is -2.92. The predicted molar refractivity (Wildman–Crippen MR) is 64.2 cm³/mol. The third kappa shape index (κ3) is 2.01. The van der Waals surface area contributed by atoms with Crippen LogP contribution in [0.2, 0.25) is 0 Å². The highest BCUT2D eigenvalue weighted by Crippen LogP contribution is 2.72. The first-order valence-corrected chi connectivity index (χ1v) is 6.19. The van der Waals surface area contributed by atoms with E-state index >= 15 is 0 Å². The molecule has 1 saturated carbocycles. The molecule has 0 spiro atoms. The first-order valence-electron chi connectivity index (χ1n) is 5.43. The van der Waals surface area contributed by atoms with E-state index in [4.69, 9.17) is 23.2 Å². The maximum absolute atomic E-state index is 13.5. The van der Waals surface area contributed by atoms with Crippen molar-refractivity contribution in [3.8, 4) is 0 Å². The molecule has 2 rings (SSSR count). The van der Waals surface area contributed by atoms with Gasteiger partial charge >= 0.3 is 6.18 Å². The number of benzene rings is 1. The van der Waals surface area contributed by atoms with E-state index in [1.165, 1.54) is 0 Å². The van der Waals surface area contributed by atoms with Gasteiger partial charge in [-0.05, 0) is 17.7 Å². The number of aliphatic hydroxyl groups excluding tert-OH is 1. The monoisotopic (exact) mass is 330 g/mol. The van der Waals surface area contributed by atoms with Gasteiger partial charge in [-0.3, -0.25) is 0 Å². The first kappa shape index (κ1) is 15.5. The number of rotatable bonds is 3. The van der Waals surface area contributed by atoms with Crippen LogP contribution in [0.25, 0.3) is 0 Å². The average molecular weight is 331 g/mol. The summed E-state index contributed by atoms with van der Waals surface area (Å²) in [4.78, 5) is 11.0. The number of hydrogen-bond acceptors (Lipinski definition) is 2. The standard InChI is InChI=1S/C12H8Cl2F4O2/c13-11(14)9(10(11,4-19)5-20)6-1-2-7(8(15)3-6)12(16,17)18/h1-4,9,20H,5H2. The first-order chi connectivity index (χ1) is 9.11. The van der Waals surface area contributed by atoms with Crippen LogP contribution in [0, 0.1) is 11.2 Å². The summed E-state index contributed by atoms with van der Waals surface area (Å²) in [7, 11) is 0. The second kappa shape index (κ2) is 4.58. The van der Waals surface area contributed by atoms with Crippen LogP contribution in [-0.2, 0) is 11.0 Å². The number of aldehydes is 1. The van der Waals surface area contributed by atoms with Gasteiger partial charge in [0.15, 0.2) is 0 Å². The Morgan fingerprint density at radius 2 is 1.95 bits per heavy atom. The Morgan fingerprint density at radius 3 is 2.30 bits per heavy atom. The highest BCUT2D eigenvalue weighted by atomic mass is 35.5. The number of carbonyl (C=O) groups is 1. The molecule has 0 amide bonds. The van der Waals surface area contributed by atoms with Gasteiger partial charge in [-0.1, -0.05) is 29.3 Å². The number of alkyl halides is 5. The van der Waals surface area contributed by atoms with Crippen LogP contribution in [-0.4, -0.2) is 22.3 Å². The highest BCUT2D eigenvalue weighted by Gasteiger charge is 2.76. The second-order valence-corrected chi connectivity index (χ2v) is 6.00. The molecule has 8 heteroatoms. The summed E-state index contributed by atoms with van der Waals surface area (Å²) < 4.78 is 49.2. The second-order valence-electron chi connectivity index (χ2n) is 4.61. The minimum atomic E-state index is -4.82. The zero-order valence-corrected chi connectivity index (χ0v) is 11.2. The van der Waals surface area contributed by atoms with Gasteiger partial charge in [0.25, 0.3) is 0 Å². The summed E-state index contributed by atoms with van der Waals surface area (Å²) in [6.45, 7) is -0.684. The smallest absolute Gasteiger partial charge is 0.395 e. The van der Waals surface area contributed by atoms with E-state index in [-0.39, 0.29) is 5.56 Å². The van der Waals surface area contributed by atoms with Crippen molar-refractivity contribution in [1.82, 2.24) is 0 Å². The molecule has 1 aliphatic rings. The Morgan fingerprint density at radius 1 is 1.35 bits per heavy atom. The van der Waals surface area contributed by atoms with Crippen LogP contribution in [0.1, 0.15) is 17.0 Å². The number of carbonyl (C=O) groups excluding carboxylic acids is 1. The number of hydrogen-bond donors (Lipinski definition) is 1. The van der Waals surface area contributed by atoms with Crippen molar-refractivity contribution < 1.29 is 27.5 Å². The van der Waals surface area contributed by atoms with Crippen molar-refractivity contribution in [1.29, 1.82) is 0 Å². The fourth-order valence-electron chi connectivity index (χ4n) is 2.30. The molecule has 1 aromatic carbocycles. The molecule has 0 aliphatic heterocycles. The molecule has 2 unspecified atom stereocenters. The van der Waals surface area contributed by atoms with Crippen LogP contribution in [0.3, 0.4) is 0 Å². The van der Waals surface area contributed by atoms with E-state index in [9.17, 15) is 27.5 Å². The summed E-state index contributed by atoms with van der Waals surface area (Å²) in [6.07, 6.45) is -4.48. The van der Waals surface area contributed by atoms with Crippen molar-refractivity contribution in [3.05, 3.63) is 35.1 Å². The van der Waals surface area contributed by atoms with Gasteiger partial charge in [0.2, 0.25) is 0 Å². The van der Waals surface area contributed by atoms with Gasteiger partial charge in [0.05, 0.1) is 17.6 Å². The Balaban J connectivity index is 2.43. The molecule has 0 heterocycles. The van der Waals surface area contributed by atoms with Crippen molar-refractivity contribution in [2.45, 2.75) is 16.4 Å². The van der Waals surface area contributed by atoms with E-state index in [1.54, 1.807) is 0 Å². The van der Waals surface area contributed by atoms with Crippen LogP contribution >= 0.6 is 23.2 Å². The lowest BCUT2D eigenvalue weighted by atomic mass is 10.00. The van der Waals surface area contributed by atoms with Crippen LogP contribution in [0.15, 0.2) is 18.2 Å². The third-order valence-electron chi connectivity index (χ3n) is 3.52. The minimum Gasteiger partial charge on any atom is -0.395 e. The lowest BCUT2D eigenvalue weighted by Crippen LogP contribution is -2.16. The van der Waals surface area contributed by atoms with Gasteiger partial charge in [-0.25, -0.2) is 4.39 Å². The summed E-state index contributed by atoms with van der Waals surface area (Å²) >= 11 is 11.8. The van der Waals surface area contributed by atoms with Crippen molar-refractivity contribution in [2.24, 2.45) is 5.41 Å². The number of halogens is 6. The minimum absolute atomic E-state index is 0.0293. The van der Waals surface area contributed by atoms with E-state index < -0.39 is 39.8 Å². The Labute approximate surface area is 121 Å². The van der Waals surface area contributed by atoms with Crippen LogP contribution in [0.5, 0.6) is 0 Å². The van der Waals surface area contributed by atoms with E-state index in [1.807, 2.05) is 0 Å². The summed E-state index contributed by atoms with van der Waals surface area (Å²) in [6, 6.07) is 2.19. The molecular formula is C12H8Cl2F4O2. The summed E-state index contributed by atoms with van der Waals surface area (Å²) in [5, 5.41) is 9.20. The molecule has 0 aromatic heterocycles. The molecule has 0 saturated heterocycles. The molecule has 2 nitrogen and oxygen atoms in total. The lowest BCUT2D eigenvalue weighted by molar-refractivity contribution is -0.140. The zero-order chi connectivity index (χ0) is 15.3. The fraction of sp³-hybridized carbons (Fsp3) is 0.417. The van der Waals surface area contributed by atoms with E-state index in [2.05, 4.69) is 0 Å². The molecule has 1 N–H and O–H groups in total. The molecule has 1 aliphatic carbocycles. The van der Waals surface area contributed by atoms with Gasteiger partial charge in [0, 0.05) is 5.92 Å². The SMILES string of the molecule is O=CC1(CO)C(c2ccc(C(F)(F)F)c(F)c2)C1(Cl)Cl. The quantitative estimate of drug-likeness (QED) is 0.524. The lowest BCUT2D eigenvalue weighted by Gasteiger charge is -2.10. The fourth-order valence-corrected chi connectivity index (χ4v) is 3.26. The molecule has 0 radical (unpaired) electrons. The molecule has 2 atom stereocenters. The largest absolute Gasteiger partial charge is 0.419 e. The topological polar surface area (TPSA) is 37.3 Å². The maximum atomic E-state index is 13.5. The van der Waals surface area contributed by atoms with Crippen molar-refractivity contribution >= 4 is 29.5 Å². The van der Waals surface area contributed by atoms with Crippen molar-refractivity contribution in [3.63, 3.8) is 0 Å². The predicted octanol–water partition coefficient (Wildman–Crippen LogP) is 3.29. The van der Waals surface area contributed by atoms with Gasteiger partial charge in [0.1, 0.15) is 16.4 Å². The molecule has 110 valence electrons. The van der Waals surface area contributed by atoms with Gasteiger partial charge in [-0.15, -0.1) is 0 Å². The number of aliphatic hydroxyl groups is 1. The van der Waals surface area contributed by atoms with Crippen molar-refractivity contribution in [2.75, 3.05) is 6.61 Å². The normalized spacial score (nSPS) is 28.2. The Bertz CT molecular complexity index is 559. The summed E-state index contributed by atoms with van der Waals surface area (Å²) in [5.74, 6) is -2.44. The molecule has 1 aromatic rings. The van der Waals surface area contributed by atoms with E-state index in [0.29, 0.717) is 18.4 Å². The maximum Gasteiger partial charge on any atom is 0.419 e. The highest BCUT2D eigenvalue weighted by molar-refractivity contribution is 6.54.